The summed E-state index contributed by atoms with van der Waals surface area (Å²) in [5.41, 5.74) is 2.20. The van der Waals surface area contributed by atoms with Crippen molar-refractivity contribution in [3.63, 3.8) is 0 Å². The van der Waals surface area contributed by atoms with E-state index in [1.54, 1.807) is 7.11 Å². The smallest absolute Gasteiger partial charge is 0.317 e. The number of benzene rings is 2. The molecule has 2 aromatic rings. The van der Waals surface area contributed by atoms with Gasteiger partial charge in [-0.15, -0.1) is 0 Å². The van der Waals surface area contributed by atoms with Crippen molar-refractivity contribution in [3.05, 3.63) is 60.2 Å². The zero-order valence-corrected chi connectivity index (χ0v) is 13.9. The lowest BCUT2D eigenvalue weighted by atomic mass is 10.2. The number of nitrogens with zero attached hydrogens (tertiary/aromatic N) is 2. The van der Waals surface area contributed by atoms with E-state index in [-0.39, 0.29) is 6.03 Å². The summed E-state index contributed by atoms with van der Waals surface area (Å²) in [6, 6.07) is 18.0. The van der Waals surface area contributed by atoms with Crippen molar-refractivity contribution in [1.29, 1.82) is 0 Å². The Morgan fingerprint density at radius 1 is 1.00 bits per heavy atom. The van der Waals surface area contributed by atoms with Crippen molar-refractivity contribution in [1.82, 2.24) is 10.2 Å². The number of anilines is 1. The van der Waals surface area contributed by atoms with Crippen molar-refractivity contribution in [3.8, 4) is 5.75 Å². The molecule has 2 aromatic carbocycles. The monoisotopic (exact) mass is 325 g/mol. The number of rotatable bonds is 4. The van der Waals surface area contributed by atoms with Gasteiger partial charge in [-0.05, 0) is 17.7 Å². The van der Waals surface area contributed by atoms with E-state index in [4.69, 9.17) is 4.74 Å². The number of hydrogen-bond acceptors (Lipinski definition) is 3. The Hall–Kier alpha value is -2.69. The van der Waals surface area contributed by atoms with Crippen LogP contribution in [0.4, 0.5) is 10.5 Å². The summed E-state index contributed by atoms with van der Waals surface area (Å²) in [6.07, 6.45) is 0. The van der Waals surface area contributed by atoms with Crippen LogP contribution < -0.4 is 15.0 Å². The topological polar surface area (TPSA) is 44.8 Å². The molecule has 2 amide bonds. The maximum absolute atomic E-state index is 12.3. The molecular weight excluding hydrogens is 302 g/mol. The van der Waals surface area contributed by atoms with Crippen molar-refractivity contribution in [2.45, 2.75) is 6.54 Å². The summed E-state index contributed by atoms with van der Waals surface area (Å²) in [6.45, 7) is 3.59. The van der Waals surface area contributed by atoms with E-state index in [9.17, 15) is 4.79 Å². The molecule has 0 unspecified atom stereocenters. The first-order valence-corrected chi connectivity index (χ1v) is 8.22. The average Bonchev–Trinajstić information content (AvgIpc) is 2.67. The third kappa shape index (κ3) is 3.79. The van der Waals surface area contributed by atoms with Crippen LogP contribution in [0.3, 0.4) is 0 Å². The normalized spacial score (nSPS) is 14.4. The SMILES string of the molecule is COc1ccccc1N1CCN(C(=O)NCc2ccccc2)CC1. The van der Waals surface area contributed by atoms with Gasteiger partial charge in [-0.2, -0.15) is 0 Å². The molecule has 1 aliphatic rings. The molecule has 5 heteroatoms. The van der Waals surface area contributed by atoms with Crippen LogP contribution in [-0.4, -0.2) is 44.2 Å². The fourth-order valence-electron chi connectivity index (χ4n) is 2.93. The van der Waals surface area contributed by atoms with Gasteiger partial charge in [-0.25, -0.2) is 4.79 Å². The van der Waals surface area contributed by atoms with Crippen LogP contribution in [-0.2, 0) is 6.54 Å². The predicted octanol–water partition coefficient (Wildman–Crippen LogP) is 2.73. The maximum atomic E-state index is 12.3. The lowest BCUT2D eigenvalue weighted by molar-refractivity contribution is 0.194. The second-order valence-electron chi connectivity index (χ2n) is 5.79. The number of hydrogen-bond donors (Lipinski definition) is 1. The molecular formula is C19H23N3O2. The van der Waals surface area contributed by atoms with E-state index in [0.29, 0.717) is 19.6 Å². The molecule has 5 nitrogen and oxygen atoms in total. The Bertz CT molecular complexity index is 667. The Balaban J connectivity index is 1.52. The fourth-order valence-corrected chi connectivity index (χ4v) is 2.93. The van der Waals surface area contributed by atoms with E-state index >= 15 is 0 Å². The van der Waals surface area contributed by atoms with E-state index in [2.05, 4.69) is 16.3 Å². The van der Waals surface area contributed by atoms with Crippen LogP contribution in [0.15, 0.2) is 54.6 Å². The Morgan fingerprint density at radius 2 is 1.67 bits per heavy atom. The van der Waals surface area contributed by atoms with E-state index in [1.807, 2.05) is 53.4 Å². The zero-order chi connectivity index (χ0) is 16.8. The van der Waals surface area contributed by atoms with E-state index in [1.165, 1.54) is 0 Å². The summed E-state index contributed by atoms with van der Waals surface area (Å²) < 4.78 is 5.43. The van der Waals surface area contributed by atoms with E-state index < -0.39 is 0 Å². The standard InChI is InChI=1S/C19H23N3O2/c1-24-18-10-6-5-9-17(18)21-11-13-22(14-12-21)19(23)20-15-16-7-3-2-4-8-16/h2-10H,11-15H2,1H3,(H,20,23). The number of carbonyl (C=O) groups is 1. The summed E-state index contributed by atoms with van der Waals surface area (Å²) >= 11 is 0. The van der Waals surface area contributed by atoms with Gasteiger partial charge < -0.3 is 19.9 Å². The second-order valence-corrected chi connectivity index (χ2v) is 5.79. The molecule has 0 atom stereocenters. The average molecular weight is 325 g/mol. The summed E-state index contributed by atoms with van der Waals surface area (Å²) in [5, 5.41) is 2.99. The number of ether oxygens (including phenoxy) is 1. The Morgan fingerprint density at radius 3 is 2.38 bits per heavy atom. The summed E-state index contributed by atoms with van der Waals surface area (Å²) in [5.74, 6) is 0.875. The lowest BCUT2D eigenvalue weighted by Gasteiger charge is -2.36. The molecule has 0 bridgehead atoms. The van der Waals surface area contributed by atoms with Crippen LogP contribution in [0.5, 0.6) is 5.75 Å². The van der Waals surface area contributed by atoms with Crippen LogP contribution in [0.2, 0.25) is 0 Å². The molecule has 24 heavy (non-hydrogen) atoms. The van der Waals surface area contributed by atoms with Gasteiger partial charge in [0.05, 0.1) is 12.8 Å². The minimum absolute atomic E-state index is 0.00136. The fraction of sp³-hybridized carbons (Fsp3) is 0.316. The van der Waals surface area contributed by atoms with Gasteiger partial charge >= 0.3 is 6.03 Å². The number of amides is 2. The molecule has 3 rings (SSSR count). The number of nitrogens with one attached hydrogen (secondary N) is 1. The highest BCUT2D eigenvalue weighted by Crippen LogP contribution is 2.28. The van der Waals surface area contributed by atoms with Crippen molar-refractivity contribution in [2.75, 3.05) is 38.2 Å². The molecule has 1 aliphatic heterocycles. The van der Waals surface area contributed by atoms with Crippen molar-refractivity contribution in [2.24, 2.45) is 0 Å². The third-order valence-electron chi connectivity index (χ3n) is 4.28. The molecule has 0 spiro atoms. The number of carbonyl (C=O) groups excluding carboxylic acids is 1. The number of para-hydroxylation sites is 2. The van der Waals surface area contributed by atoms with Gasteiger partial charge in [-0.1, -0.05) is 42.5 Å². The first kappa shape index (κ1) is 16.2. The Labute approximate surface area is 142 Å². The molecule has 126 valence electrons. The molecule has 0 aliphatic carbocycles. The number of urea groups is 1. The van der Waals surface area contributed by atoms with Crippen LogP contribution in [0, 0.1) is 0 Å². The summed E-state index contributed by atoms with van der Waals surface area (Å²) in [7, 11) is 1.69. The zero-order valence-electron chi connectivity index (χ0n) is 13.9. The van der Waals surface area contributed by atoms with Gasteiger partial charge in [-0.3, -0.25) is 0 Å². The quantitative estimate of drug-likeness (QED) is 0.940. The van der Waals surface area contributed by atoms with Crippen LogP contribution in [0.25, 0.3) is 0 Å². The van der Waals surface area contributed by atoms with Crippen LogP contribution >= 0.6 is 0 Å². The van der Waals surface area contributed by atoms with Gasteiger partial charge in [0.25, 0.3) is 0 Å². The highest BCUT2D eigenvalue weighted by molar-refractivity contribution is 5.74. The first-order chi connectivity index (χ1) is 11.8. The van der Waals surface area contributed by atoms with Crippen LogP contribution in [0.1, 0.15) is 5.56 Å². The molecule has 0 saturated carbocycles. The Kier molecular flexibility index (Phi) is 5.21. The predicted molar refractivity (Wildman–Crippen MR) is 95.5 cm³/mol. The molecule has 0 aromatic heterocycles. The number of piperazine rings is 1. The molecule has 1 N–H and O–H groups in total. The highest BCUT2D eigenvalue weighted by atomic mass is 16.5. The van der Waals surface area contributed by atoms with Gasteiger partial charge in [0.15, 0.2) is 0 Å². The minimum atomic E-state index is -0.00136. The van der Waals surface area contributed by atoms with Gasteiger partial charge in [0, 0.05) is 32.7 Å². The van der Waals surface area contributed by atoms with Gasteiger partial charge in [0.2, 0.25) is 0 Å². The lowest BCUT2D eigenvalue weighted by Crippen LogP contribution is -2.51. The van der Waals surface area contributed by atoms with Crippen molar-refractivity contribution < 1.29 is 9.53 Å². The molecule has 0 radical (unpaired) electrons. The highest BCUT2D eigenvalue weighted by Gasteiger charge is 2.22. The first-order valence-electron chi connectivity index (χ1n) is 8.22. The minimum Gasteiger partial charge on any atom is -0.495 e. The maximum Gasteiger partial charge on any atom is 0.317 e. The van der Waals surface area contributed by atoms with Crippen molar-refractivity contribution >= 4 is 11.7 Å². The summed E-state index contributed by atoms with van der Waals surface area (Å²) in [4.78, 5) is 16.4. The third-order valence-corrected chi connectivity index (χ3v) is 4.28. The molecule has 1 saturated heterocycles. The molecule has 1 heterocycles. The van der Waals surface area contributed by atoms with E-state index in [0.717, 1.165) is 30.1 Å². The molecule has 1 fully saturated rings. The largest absolute Gasteiger partial charge is 0.495 e. The van der Waals surface area contributed by atoms with Gasteiger partial charge in [0.1, 0.15) is 5.75 Å². The number of methoxy groups -OCH3 is 1. The second kappa shape index (κ2) is 7.73.